The van der Waals surface area contributed by atoms with Gasteiger partial charge in [0.25, 0.3) is 0 Å². The van der Waals surface area contributed by atoms with Gasteiger partial charge < -0.3 is 5.32 Å². The van der Waals surface area contributed by atoms with Crippen LogP contribution in [0.1, 0.15) is 5.56 Å². The molecule has 0 spiro atoms. The van der Waals surface area contributed by atoms with Gasteiger partial charge in [-0.05, 0) is 24.3 Å². The molecule has 2 aromatic rings. The average Bonchev–Trinajstić information content (AvgIpc) is 2.32. The zero-order valence-corrected chi connectivity index (χ0v) is 11.0. The molecule has 19 heavy (non-hydrogen) atoms. The largest absolute Gasteiger partial charge is 0.377 e. The Kier molecular flexibility index (Phi) is 4.22. The maximum Gasteiger partial charge on any atom is 0.150 e. The summed E-state index contributed by atoms with van der Waals surface area (Å²) in [5, 5.41) is 2.87. The predicted octanol–water partition coefficient (Wildman–Crippen LogP) is 5.02. The van der Waals surface area contributed by atoms with Crippen molar-refractivity contribution in [1.82, 2.24) is 0 Å². The molecular formula is C13H8Cl2F3N. The van der Waals surface area contributed by atoms with Crippen LogP contribution < -0.4 is 5.32 Å². The Bertz CT molecular complexity index is 594. The number of benzene rings is 2. The van der Waals surface area contributed by atoms with E-state index < -0.39 is 17.5 Å². The highest BCUT2D eigenvalue weighted by Crippen LogP contribution is 2.27. The van der Waals surface area contributed by atoms with Crippen LogP contribution in [0.5, 0.6) is 0 Å². The standard InChI is InChI=1S/C13H8Cl2F3N/c14-8-1-2-11(17)7(3-8)6-19-13-10(15)4-9(16)5-12(13)18/h1-5,19H,6H2. The lowest BCUT2D eigenvalue weighted by atomic mass is 10.2. The van der Waals surface area contributed by atoms with Crippen molar-refractivity contribution >= 4 is 28.9 Å². The number of rotatable bonds is 3. The van der Waals surface area contributed by atoms with Crippen molar-refractivity contribution in [3.05, 3.63) is 63.4 Å². The summed E-state index contributed by atoms with van der Waals surface area (Å²) < 4.78 is 39.8. The van der Waals surface area contributed by atoms with E-state index in [1.165, 1.54) is 18.2 Å². The van der Waals surface area contributed by atoms with Gasteiger partial charge in [-0.2, -0.15) is 0 Å². The zero-order chi connectivity index (χ0) is 14.0. The summed E-state index contributed by atoms with van der Waals surface area (Å²) in [6.45, 7) is -0.0192. The molecule has 0 aliphatic carbocycles. The number of hydrogen-bond donors (Lipinski definition) is 1. The second-order valence-electron chi connectivity index (χ2n) is 3.83. The second-order valence-corrected chi connectivity index (χ2v) is 4.68. The minimum atomic E-state index is -0.840. The first-order valence-corrected chi connectivity index (χ1v) is 6.05. The number of hydrogen-bond acceptors (Lipinski definition) is 1. The topological polar surface area (TPSA) is 12.0 Å². The molecule has 0 fully saturated rings. The fraction of sp³-hybridized carbons (Fsp3) is 0.0769. The Labute approximate surface area is 118 Å². The molecule has 0 aliphatic heterocycles. The molecular weight excluding hydrogens is 298 g/mol. The van der Waals surface area contributed by atoms with E-state index in [9.17, 15) is 13.2 Å². The Hall–Kier alpha value is -1.39. The van der Waals surface area contributed by atoms with E-state index in [0.717, 1.165) is 6.07 Å². The van der Waals surface area contributed by atoms with E-state index in [1.807, 2.05) is 0 Å². The van der Waals surface area contributed by atoms with Gasteiger partial charge in [0.1, 0.15) is 11.6 Å². The molecule has 0 unspecified atom stereocenters. The quantitative estimate of drug-likeness (QED) is 0.839. The third kappa shape index (κ3) is 3.33. The number of halogens is 5. The molecule has 0 saturated heterocycles. The van der Waals surface area contributed by atoms with Gasteiger partial charge in [0.15, 0.2) is 5.82 Å². The summed E-state index contributed by atoms with van der Waals surface area (Å²) >= 11 is 11.4. The van der Waals surface area contributed by atoms with Gasteiger partial charge in [0.2, 0.25) is 0 Å². The van der Waals surface area contributed by atoms with Crippen LogP contribution in [0.15, 0.2) is 30.3 Å². The SMILES string of the molecule is Fc1cc(F)c(NCc2cc(Cl)ccc2F)c(Cl)c1. The molecule has 1 nitrogen and oxygen atoms in total. The van der Waals surface area contributed by atoms with Crippen molar-refractivity contribution < 1.29 is 13.2 Å². The molecule has 1 N–H and O–H groups in total. The van der Waals surface area contributed by atoms with Gasteiger partial charge >= 0.3 is 0 Å². The van der Waals surface area contributed by atoms with E-state index in [-0.39, 0.29) is 22.8 Å². The fourth-order valence-electron chi connectivity index (χ4n) is 1.57. The summed E-state index contributed by atoms with van der Waals surface area (Å²) in [6, 6.07) is 5.71. The predicted molar refractivity (Wildman–Crippen MR) is 70.1 cm³/mol. The molecule has 0 aromatic heterocycles. The van der Waals surface area contributed by atoms with Crippen molar-refractivity contribution in [2.24, 2.45) is 0 Å². The highest BCUT2D eigenvalue weighted by atomic mass is 35.5. The highest BCUT2D eigenvalue weighted by Gasteiger charge is 2.11. The van der Waals surface area contributed by atoms with Crippen LogP contribution in [-0.4, -0.2) is 0 Å². The number of anilines is 1. The molecule has 100 valence electrons. The lowest BCUT2D eigenvalue weighted by Crippen LogP contribution is -2.04. The summed E-state index contributed by atoms with van der Waals surface area (Å²) in [7, 11) is 0. The molecule has 2 rings (SSSR count). The van der Waals surface area contributed by atoms with E-state index in [0.29, 0.717) is 11.1 Å². The number of nitrogens with one attached hydrogen (secondary N) is 1. The van der Waals surface area contributed by atoms with Gasteiger partial charge in [0, 0.05) is 23.2 Å². The van der Waals surface area contributed by atoms with Crippen molar-refractivity contribution in [2.75, 3.05) is 5.32 Å². The zero-order valence-electron chi connectivity index (χ0n) is 9.48. The Morgan fingerprint density at radius 1 is 0.947 bits per heavy atom. The first-order valence-electron chi connectivity index (χ1n) is 5.29. The fourth-order valence-corrected chi connectivity index (χ4v) is 2.03. The molecule has 0 aliphatic rings. The summed E-state index contributed by atoms with van der Waals surface area (Å²) in [6.07, 6.45) is 0. The molecule has 2 aromatic carbocycles. The summed E-state index contributed by atoms with van der Waals surface area (Å²) in [5.74, 6) is -2.09. The van der Waals surface area contributed by atoms with Gasteiger partial charge in [-0.1, -0.05) is 23.2 Å². The van der Waals surface area contributed by atoms with Crippen LogP contribution in [0.3, 0.4) is 0 Å². The Balaban J connectivity index is 2.21. The van der Waals surface area contributed by atoms with Gasteiger partial charge in [0.05, 0.1) is 10.7 Å². The monoisotopic (exact) mass is 305 g/mol. The average molecular weight is 306 g/mol. The first-order chi connectivity index (χ1) is 8.97. The second kappa shape index (κ2) is 5.72. The maximum atomic E-state index is 13.5. The van der Waals surface area contributed by atoms with E-state index in [1.54, 1.807) is 0 Å². The lowest BCUT2D eigenvalue weighted by molar-refractivity contribution is 0.584. The van der Waals surface area contributed by atoms with E-state index >= 15 is 0 Å². The van der Waals surface area contributed by atoms with Crippen molar-refractivity contribution in [2.45, 2.75) is 6.54 Å². The van der Waals surface area contributed by atoms with Crippen molar-refractivity contribution in [3.8, 4) is 0 Å². The molecule has 0 amide bonds. The lowest BCUT2D eigenvalue weighted by Gasteiger charge is -2.10. The van der Waals surface area contributed by atoms with E-state index in [2.05, 4.69) is 5.32 Å². The highest BCUT2D eigenvalue weighted by molar-refractivity contribution is 6.33. The minimum absolute atomic E-state index is 0.0192. The van der Waals surface area contributed by atoms with Crippen molar-refractivity contribution in [1.29, 1.82) is 0 Å². The third-order valence-electron chi connectivity index (χ3n) is 2.47. The molecule has 0 atom stereocenters. The van der Waals surface area contributed by atoms with Gasteiger partial charge in [-0.15, -0.1) is 0 Å². The van der Waals surface area contributed by atoms with Crippen LogP contribution in [0, 0.1) is 17.5 Å². The van der Waals surface area contributed by atoms with Crippen LogP contribution in [0.2, 0.25) is 10.0 Å². The van der Waals surface area contributed by atoms with Crippen LogP contribution in [0.25, 0.3) is 0 Å². The smallest absolute Gasteiger partial charge is 0.150 e. The normalized spacial score (nSPS) is 10.6. The summed E-state index contributed by atoms with van der Waals surface area (Å²) in [4.78, 5) is 0. The Morgan fingerprint density at radius 3 is 2.37 bits per heavy atom. The van der Waals surface area contributed by atoms with Gasteiger partial charge in [-0.3, -0.25) is 0 Å². The third-order valence-corrected chi connectivity index (χ3v) is 3.00. The maximum absolute atomic E-state index is 13.5. The van der Waals surface area contributed by atoms with Crippen LogP contribution in [0.4, 0.5) is 18.9 Å². The van der Waals surface area contributed by atoms with Gasteiger partial charge in [-0.25, -0.2) is 13.2 Å². The van der Waals surface area contributed by atoms with Crippen LogP contribution >= 0.6 is 23.2 Å². The molecule has 0 radical (unpaired) electrons. The molecule has 0 bridgehead atoms. The molecule has 6 heteroatoms. The first kappa shape index (κ1) is 14.0. The molecule has 0 saturated carbocycles. The Morgan fingerprint density at radius 2 is 1.68 bits per heavy atom. The van der Waals surface area contributed by atoms with Crippen LogP contribution in [-0.2, 0) is 6.54 Å². The summed E-state index contributed by atoms with van der Waals surface area (Å²) in [5.41, 5.74) is 0.176. The molecule has 0 heterocycles. The van der Waals surface area contributed by atoms with Crippen molar-refractivity contribution in [3.63, 3.8) is 0 Å². The minimum Gasteiger partial charge on any atom is -0.377 e. The van der Waals surface area contributed by atoms with E-state index in [4.69, 9.17) is 23.2 Å².